The van der Waals surface area contributed by atoms with E-state index in [1.165, 1.54) is 0 Å². The Morgan fingerprint density at radius 3 is 2.83 bits per heavy atom. The minimum atomic E-state index is 0.977. The van der Waals surface area contributed by atoms with Gasteiger partial charge in [0.15, 0.2) is 18.2 Å². The molecule has 2 rings (SSSR count). The third-order valence-corrected chi connectivity index (χ3v) is 2.02. The monoisotopic (exact) mass is 163 g/mol. The minimum Gasteiger partial charge on any atom is -0.261 e. The number of imidazole rings is 1. The second-order valence-electron chi connectivity index (χ2n) is 2.97. The maximum Gasteiger partial charge on any atom is 0.305 e. The standard InChI is InChI=1S/C8H11N4/c1-6-7-8(10-4-9-6)12(3)5-11(7)2/h4-5H,1-3H3/q+1. The molecule has 0 amide bonds. The SMILES string of the molecule is Cc1ncnc2c1n(C)c[n+]2C. The van der Waals surface area contributed by atoms with Gasteiger partial charge >= 0.3 is 5.65 Å². The zero-order chi connectivity index (χ0) is 8.72. The lowest BCUT2D eigenvalue weighted by atomic mass is 10.4. The quantitative estimate of drug-likeness (QED) is 0.516. The van der Waals surface area contributed by atoms with Gasteiger partial charge in [-0.2, -0.15) is 0 Å². The molecule has 4 heteroatoms. The zero-order valence-corrected chi connectivity index (χ0v) is 7.44. The lowest BCUT2D eigenvalue weighted by molar-refractivity contribution is -0.647. The summed E-state index contributed by atoms with van der Waals surface area (Å²) < 4.78 is 4.02. The summed E-state index contributed by atoms with van der Waals surface area (Å²) in [6.07, 6.45) is 3.59. The van der Waals surface area contributed by atoms with Crippen LogP contribution in [0.2, 0.25) is 0 Å². The smallest absolute Gasteiger partial charge is 0.261 e. The van der Waals surface area contributed by atoms with Crippen molar-refractivity contribution in [3.63, 3.8) is 0 Å². The first-order chi connectivity index (χ1) is 5.70. The van der Waals surface area contributed by atoms with Gasteiger partial charge < -0.3 is 0 Å². The van der Waals surface area contributed by atoms with Gasteiger partial charge in [-0.15, -0.1) is 0 Å². The van der Waals surface area contributed by atoms with Crippen LogP contribution in [-0.4, -0.2) is 14.5 Å². The topological polar surface area (TPSA) is 34.6 Å². The molecule has 0 aliphatic heterocycles. The summed E-state index contributed by atoms with van der Waals surface area (Å²) in [5.41, 5.74) is 3.09. The van der Waals surface area contributed by atoms with Gasteiger partial charge in [0.25, 0.3) is 0 Å². The van der Waals surface area contributed by atoms with Gasteiger partial charge in [-0.3, -0.25) is 4.57 Å². The predicted molar refractivity (Wildman–Crippen MR) is 44.4 cm³/mol. The molecule has 62 valence electrons. The molecule has 0 saturated heterocycles. The zero-order valence-electron chi connectivity index (χ0n) is 7.44. The van der Waals surface area contributed by atoms with Gasteiger partial charge in [-0.05, 0) is 6.92 Å². The molecule has 2 aromatic rings. The highest BCUT2D eigenvalue weighted by Gasteiger charge is 2.13. The molecule has 0 aliphatic carbocycles. The first kappa shape index (κ1) is 7.21. The van der Waals surface area contributed by atoms with E-state index in [0.717, 1.165) is 16.9 Å². The Kier molecular flexibility index (Phi) is 1.36. The second-order valence-corrected chi connectivity index (χ2v) is 2.97. The van der Waals surface area contributed by atoms with Crippen LogP contribution in [0.25, 0.3) is 11.2 Å². The molecule has 0 saturated carbocycles. The van der Waals surface area contributed by atoms with Crippen molar-refractivity contribution >= 4 is 11.2 Å². The van der Waals surface area contributed by atoms with Crippen molar-refractivity contribution in [3.05, 3.63) is 18.3 Å². The maximum atomic E-state index is 4.19. The van der Waals surface area contributed by atoms with Crippen LogP contribution in [0.4, 0.5) is 0 Å². The summed E-state index contributed by atoms with van der Waals surface area (Å²) in [4.78, 5) is 8.33. The Bertz CT molecular complexity index is 430. The number of hydrogen-bond donors (Lipinski definition) is 0. The second kappa shape index (κ2) is 2.27. The number of fused-ring (bicyclic) bond motifs is 1. The van der Waals surface area contributed by atoms with Gasteiger partial charge in [0.2, 0.25) is 0 Å². The van der Waals surface area contributed by atoms with Crippen LogP contribution < -0.4 is 4.57 Å². The van der Waals surface area contributed by atoms with Gasteiger partial charge in [0.05, 0.1) is 19.8 Å². The lowest BCUT2D eigenvalue weighted by Crippen LogP contribution is -2.26. The fraction of sp³-hybridized carbons (Fsp3) is 0.375. The molecule has 0 spiro atoms. The van der Waals surface area contributed by atoms with E-state index >= 15 is 0 Å². The molecule has 0 radical (unpaired) electrons. The van der Waals surface area contributed by atoms with Crippen LogP contribution in [0, 0.1) is 6.92 Å². The largest absolute Gasteiger partial charge is 0.305 e. The van der Waals surface area contributed by atoms with Crippen LogP contribution in [0.3, 0.4) is 0 Å². The summed E-state index contributed by atoms with van der Waals surface area (Å²) in [7, 11) is 3.98. The highest BCUT2D eigenvalue weighted by molar-refractivity contribution is 5.69. The number of hydrogen-bond acceptors (Lipinski definition) is 2. The summed E-state index contributed by atoms with van der Waals surface area (Å²) in [6, 6.07) is 0. The normalized spacial score (nSPS) is 10.9. The summed E-state index contributed by atoms with van der Waals surface area (Å²) in [5, 5.41) is 0. The van der Waals surface area contributed by atoms with Crippen LogP contribution >= 0.6 is 0 Å². The van der Waals surface area contributed by atoms with Crippen molar-refractivity contribution in [3.8, 4) is 0 Å². The minimum absolute atomic E-state index is 0.977. The summed E-state index contributed by atoms with van der Waals surface area (Å²) >= 11 is 0. The third-order valence-electron chi connectivity index (χ3n) is 2.02. The van der Waals surface area contributed by atoms with E-state index in [0.29, 0.717) is 0 Å². The lowest BCUT2D eigenvalue weighted by Gasteiger charge is -1.89. The van der Waals surface area contributed by atoms with Crippen molar-refractivity contribution in [1.29, 1.82) is 0 Å². The number of rotatable bonds is 0. The van der Waals surface area contributed by atoms with E-state index in [1.807, 2.05) is 36.5 Å². The highest BCUT2D eigenvalue weighted by Crippen LogP contribution is 2.08. The van der Waals surface area contributed by atoms with E-state index in [2.05, 4.69) is 9.97 Å². The highest BCUT2D eigenvalue weighted by atomic mass is 15.2. The van der Waals surface area contributed by atoms with Gasteiger partial charge in [-0.1, -0.05) is 4.98 Å². The predicted octanol–water partition coefficient (Wildman–Crippen LogP) is 0.101. The molecule has 0 fully saturated rings. The molecule has 0 aliphatic rings. The molecule has 2 aromatic heterocycles. The Labute approximate surface area is 70.5 Å². The van der Waals surface area contributed by atoms with Crippen molar-refractivity contribution in [2.45, 2.75) is 6.92 Å². The van der Waals surface area contributed by atoms with Crippen molar-refractivity contribution in [2.75, 3.05) is 0 Å². The molecule has 12 heavy (non-hydrogen) atoms. The summed E-state index contributed by atoms with van der Waals surface area (Å²) in [6.45, 7) is 1.99. The fourth-order valence-electron chi connectivity index (χ4n) is 1.50. The maximum absolute atomic E-state index is 4.19. The molecule has 4 nitrogen and oxygen atoms in total. The van der Waals surface area contributed by atoms with E-state index in [4.69, 9.17) is 0 Å². The average Bonchev–Trinajstić information content (AvgIpc) is 2.29. The van der Waals surface area contributed by atoms with E-state index in [1.54, 1.807) is 6.33 Å². The van der Waals surface area contributed by atoms with E-state index in [-0.39, 0.29) is 0 Å². The van der Waals surface area contributed by atoms with E-state index in [9.17, 15) is 0 Å². The average molecular weight is 163 g/mol. The molecule has 0 unspecified atom stereocenters. The number of aryl methyl sites for hydroxylation is 3. The molecule has 0 atom stereocenters. The van der Waals surface area contributed by atoms with Crippen LogP contribution in [0.1, 0.15) is 5.69 Å². The van der Waals surface area contributed by atoms with Crippen molar-refractivity contribution < 1.29 is 4.57 Å². The molecule has 0 bridgehead atoms. The Hall–Kier alpha value is -1.45. The first-order valence-electron chi connectivity index (χ1n) is 3.82. The van der Waals surface area contributed by atoms with Crippen LogP contribution in [0.5, 0.6) is 0 Å². The molecule has 0 N–H and O–H groups in total. The van der Waals surface area contributed by atoms with E-state index < -0.39 is 0 Å². The Morgan fingerprint density at radius 2 is 2.17 bits per heavy atom. The fourth-order valence-corrected chi connectivity index (χ4v) is 1.50. The first-order valence-corrected chi connectivity index (χ1v) is 3.82. The van der Waals surface area contributed by atoms with Crippen LogP contribution in [0.15, 0.2) is 12.7 Å². The number of nitrogens with zero attached hydrogens (tertiary/aromatic N) is 4. The molecular weight excluding hydrogens is 152 g/mol. The third kappa shape index (κ3) is 0.809. The molecule has 0 aromatic carbocycles. The summed E-state index contributed by atoms with van der Waals surface area (Å²) in [5.74, 6) is 0. The Balaban J connectivity index is 2.99. The Morgan fingerprint density at radius 1 is 1.42 bits per heavy atom. The molecule has 2 heterocycles. The van der Waals surface area contributed by atoms with Gasteiger partial charge in [-0.25, -0.2) is 9.55 Å². The van der Waals surface area contributed by atoms with Crippen molar-refractivity contribution in [1.82, 2.24) is 14.5 Å². The number of aromatic nitrogens is 4. The molecular formula is C8H11N4+. The van der Waals surface area contributed by atoms with Gasteiger partial charge in [0.1, 0.15) is 0 Å². The van der Waals surface area contributed by atoms with Crippen molar-refractivity contribution in [2.24, 2.45) is 14.1 Å². The van der Waals surface area contributed by atoms with Gasteiger partial charge in [0, 0.05) is 0 Å². The van der Waals surface area contributed by atoms with Crippen LogP contribution in [-0.2, 0) is 14.1 Å².